The van der Waals surface area contributed by atoms with Crippen LogP contribution in [0.2, 0.25) is 0 Å². The minimum atomic E-state index is -0.495. The fourth-order valence-corrected chi connectivity index (χ4v) is 4.15. The number of nitrogens with one attached hydrogen (secondary N) is 2. The van der Waals surface area contributed by atoms with Gasteiger partial charge in [0, 0.05) is 13.1 Å². The van der Waals surface area contributed by atoms with Crippen molar-refractivity contribution < 1.29 is 14.3 Å². The van der Waals surface area contributed by atoms with Crippen molar-refractivity contribution in [2.24, 2.45) is 5.92 Å². The lowest BCUT2D eigenvalue weighted by Crippen LogP contribution is -2.34. The van der Waals surface area contributed by atoms with Gasteiger partial charge in [0.15, 0.2) is 0 Å². The summed E-state index contributed by atoms with van der Waals surface area (Å²) in [6.45, 7) is 6.20. The molecule has 2 heterocycles. The number of urea groups is 1. The van der Waals surface area contributed by atoms with Crippen molar-refractivity contribution >= 4 is 33.6 Å². The summed E-state index contributed by atoms with van der Waals surface area (Å²) in [4.78, 5) is 26.7. The Kier molecular flexibility index (Phi) is 7.40. The summed E-state index contributed by atoms with van der Waals surface area (Å²) < 4.78 is 5.04. The molecule has 1 aromatic heterocycles. The van der Waals surface area contributed by atoms with Crippen molar-refractivity contribution in [3.05, 3.63) is 35.9 Å². The Morgan fingerprint density at radius 1 is 1.31 bits per heavy atom. The molecule has 156 valence electrons. The molecule has 1 saturated heterocycles. The number of hydrogen-bond acceptors (Lipinski definition) is 7. The molecule has 0 aliphatic carbocycles. The number of benzene rings is 1. The highest BCUT2D eigenvalue weighted by molar-refractivity contribution is 7.19. The van der Waals surface area contributed by atoms with E-state index in [4.69, 9.17) is 4.74 Å². The van der Waals surface area contributed by atoms with Crippen LogP contribution in [0.15, 0.2) is 30.3 Å². The SMILES string of the molecule is CCOC(=O)C[C@@H](NC(=O)Nc1nnc(N2CCC[C@@H](C)C2)s1)c1ccccc1. The van der Waals surface area contributed by atoms with Crippen LogP contribution < -0.4 is 15.5 Å². The molecular formula is C20H27N5O3S. The number of anilines is 2. The van der Waals surface area contributed by atoms with Gasteiger partial charge in [-0.3, -0.25) is 10.1 Å². The van der Waals surface area contributed by atoms with Gasteiger partial charge in [-0.1, -0.05) is 48.6 Å². The van der Waals surface area contributed by atoms with E-state index in [1.54, 1.807) is 6.92 Å². The molecule has 1 aromatic carbocycles. The summed E-state index contributed by atoms with van der Waals surface area (Å²) >= 11 is 1.35. The van der Waals surface area contributed by atoms with Crippen molar-refractivity contribution in [1.29, 1.82) is 0 Å². The summed E-state index contributed by atoms with van der Waals surface area (Å²) in [7, 11) is 0. The number of carbonyl (C=O) groups excluding carboxylic acids is 2. The van der Waals surface area contributed by atoms with E-state index < -0.39 is 12.1 Å². The van der Waals surface area contributed by atoms with Crippen molar-refractivity contribution in [2.45, 2.75) is 39.2 Å². The molecule has 2 N–H and O–H groups in total. The third-order valence-corrected chi connectivity index (χ3v) is 5.65. The van der Waals surface area contributed by atoms with Gasteiger partial charge in [0.05, 0.1) is 19.1 Å². The topological polar surface area (TPSA) is 96.4 Å². The molecule has 2 aromatic rings. The molecule has 9 heteroatoms. The third-order valence-electron chi connectivity index (χ3n) is 4.75. The second-order valence-corrected chi connectivity index (χ2v) is 8.11. The van der Waals surface area contributed by atoms with Crippen LogP contribution in [-0.4, -0.2) is 41.9 Å². The van der Waals surface area contributed by atoms with E-state index in [0.717, 1.165) is 30.2 Å². The van der Waals surface area contributed by atoms with Gasteiger partial charge in [0.2, 0.25) is 10.3 Å². The summed E-state index contributed by atoms with van der Waals surface area (Å²) in [5.41, 5.74) is 0.830. The van der Waals surface area contributed by atoms with Gasteiger partial charge in [-0.05, 0) is 31.2 Å². The van der Waals surface area contributed by atoms with E-state index in [1.165, 1.54) is 17.8 Å². The standard InChI is InChI=1S/C20H27N5O3S/c1-3-28-17(26)12-16(15-9-5-4-6-10-15)21-18(27)22-19-23-24-20(29-19)25-11-7-8-14(2)13-25/h4-6,9-10,14,16H,3,7-8,11-13H2,1-2H3,(H2,21,22,23,27)/t14-,16-/m1/s1. The maximum Gasteiger partial charge on any atom is 0.321 e. The average molecular weight is 418 g/mol. The zero-order chi connectivity index (χ0) is 20.6. The first-order valence-electron chi connectivity index (χ1n) is 9.91. The molecule has 29 heavy (non-hydrogen) atoms. The van der Waals surface area contributed by atoms with Crippen molar-refractivity contribution in [1.82, 2.24) is 15.5 Å². The summed E-state index contributed by atoms with van der Waals surface area (Å²) in [6, 6.07) is 8.42. The van der Waals surface area contributed by atoms with Crippen LogP contribution in [0, 0.1) is 5.92 Å². The zero-order valence-electron chi connectivity index (χ0n) is 16.8. The molecule has 1 fully saturated rings. The van der Waals surface area contributed by atoms with Crippen LogP contribution in [0.1, 0.15) is 44.7 Å². The first-order valence-corrected chi connectivity index (χ1v) is 10.7. The molecule has 0 saturated carbocycles. The number of nitrogens with zero attached hydrogens (tertiary/aromatic N) is 3. The predicted octanol–water partition coefficient (Wildman–Crippen LogP) is 3.59. The largest absolute Gasteiger partial charge is 0.466 e. The second kappa shape index (κ2) is 10.2. The van der Waals surface area contributed by atoms with Crippen molar-refractivity contribution in [3.63, 3.8) is 0 Å². The maximum absolute atomic E-state index is 12.5. The average Bonchev–Trinajstić information content (AvgIpc) is 3.17. The molecule has 8 nitrogen and oxygen atoms in total. The van der Waals surface area contributed by atoms with Crippen molar-refractivity contribution in [2.75, 3.05) is 29.9 Å². The summed E-state index contributed by atoms with van der Waals surface area (Å²) in [5, 5.41) is 15.1. The number of hydrogen-bond donors (Lipinski definition) is 2. The van der Waals surface area contributed by atoms with Crippen LogP contribution in [0.25, 0.3) is 0 Å². The fraction of sp³-hybridized carbons (Fsp3) is 0.500. The lowest BCUT2D eigenvalue weighted by Gasteiger charge is -2.29. The number of ether oxygens (including phenoxy) is 1. The van der Waals surface area contributed by atoms with E-state index >= 15 is 0 Å². The van der Waals surface area contributed by atoms with E-state index in [-0.39, 0.29) is 12.4 Å². The van der Waals surface area contributed by atoms with Gasteiger partial charge >= 0.3 is 12.0 Å². The Labute approximate surface area is 174 Å². The molecule has 0 unspecified atom stereocenters. The molecule has 1 aliphatic heterocycles. The highest BCUT2D eigenvalue weighted by Crippen LogP contribution is 2.28. The fourth-order valence-electron chi connectivity index (χ4n) is 3.37. The van der Waals surface area contributed by atoms with Gasteiger partial charge in [0.1, 0.15) is 0 Å². The van der Waals surface area contributed by atoms with Gasteiger partial charge < -0.3 is 15.0 Å². The zero-order valence-corrected chi connectivity index (χ0v) is 17.6. The monoisotopic (exact) mass is 417 g/mol. The Morgan fingerprint density at radius 3 is 2.83 bits per heavy atom. The number of aromatic nitrogens is 2. The minimum absolute atomic E-state index is 0.0539. The molecule has 2 atom stereocenters. The Bertz CT molecular complexity index is 813. The first kappa shape index (κ1) is 21.0. The number of piperidine rings is 1. The van der Waals surface area contributed by atoms with E-state index in [0.29, 0.717) is 17.7 Å². The predicted molar refractivity (Wildman–Crippen MR) is 113 cm³/mol. The summed E-state index contributed by atoms with van der Waals surface area (Å²) in [5.74, 6) is 0.265. The van der Waals surface area contributed by atoms with Gasteiger partial charge in [-0.15, -0.1) is 10.2 Å². The normalized spacial score (nSPS) is 17.4. The van der Waals surface area contributed by atoms with Crippen LogP contribution in [0.5, 0.6) is 0 Å². The van der Waals surface area contributed by atoms with Crippen LogP contribution in [0.4, 0.5) is 15.1 Å². The minimum Gasteiger partial charge on any atom is -0.466 e. The molecular weight excluding hydrogens is 390 g/mol. The van der Waals surface area contributed by atoms with E-state index in [9.17, 15) is 9.59 Å². The molecule has 1 aliphatic rings. The van der Waals surface area contributed by atoms with Gasteiger partial charge in [0.25, 0.3) is 0 Å². The number of amides is 2. The molecule has 0 bridgehead atoms. The van der Waals surface area contributed by atoms with Crippen LogP contribution >= 0.6 is 11.3 Å². The molecule has 2 amide bonds. The highest BCUT2D eigenvalue weighted by atomic mass is 32.1. The number of esters is 1. The van der Waals surface area contributed by atoms with Gasteiger partial charge in [-0.2, -0.15) is 0 Å². The Morgan fingerprint density at radius 2 is 2.10 bits per heavy atom. The first-order chi connectivity index (χ1) is 14.0. The van der Waals surface area contributed by atoms with Gasteiger partial charge in [-0.25, -0.2) is 4.79 Å². The summed E-state index contributed by atoms with van der Waals surface area (Å²) in [6.07, 6.45) is 2.42. The lowest BCUT2D eigenvalue weighted by molar-refractivity contribution is -0.143. The quantitative estimate of drug-likeness (QED) is 0.669. The lowest BCUT2D eigenvalue weighted by atomic mass is 10.0. The Balaban J connectivity index is 1.62. The number of carbonyl (C=O) groups is 2. The molecule has 3 rings (SSSR count). The highest BCUT2D eigenvalue weighted by Gasteiger charge is 2.22. The van der Waals surface area contributed by atoms with Crippen molar-refractivity contribution in [3.8, 4) is 0 Å². The van der Waals surface area contributed by atoms with E-state index in [1.807, 2.05) is 30.3 Å². The van der Waals surface area contributed by atoms with Crippen LogP contribution in [-0.2, 0) is 9.53 Å². The maximum atomic E-state index is 12.5. The molecule has 0 spiro atoms. The second-order valence-electron chi connectivity index (χ2n) is 7.15. The smallest absolute Gasteiger partial charge is 0.321 e. The Hall–Kier alpha value is -2.68. The number of rotatable bonds is 7. The van der Waals surface area contributed by atoms with E-state index in [2.05, 4.69) is 32.7 Å². The molecule has 0 radical (unpaired) electrons. The van der Waals surface area contributed by atoms with Crippen LogP contribution in [0.3, 0.4) is 0 Å². The third kappa shape index (κ3) is 6.15.